The Balaban J connectivity index is 3.45. The molecule has 0 amide bonds. The summed E-state index contributed by atoms with van der Waals surface area (Å²) < 4.78 is 5.18. The lowest BCUT2D eigenvalue weighted by atomic mass is 9.67. The van der Waals surface area contributed by atoms with Crippen LogP contribution in [0.1, 0.15) is 47.5 Å². The molecule has 0 radical (unpaired) electrons. The Morgan fingerprint density at radius 3 is 2.48 bits per heavy atom. The number of hydrogen-bond donors (Lipinski definition) is 2. The Hall–Kier alpha value is -1.17. The molecule has 132 valence electrons. The number of allylic oxidation sites excluding steroid dienone is 1. The van der Waals surface area contributed by atoms with Crippen LogP contribution >= 0.6 is 11.8 Å². The quantitative estimate of drug-likeness (QED) is 0.692. The number of ether oxygens (including phenoxy) is 1. The predicted molar refractivity (Wildman–Crippen MR) is 93.4 cm³/mol. The third-order valence-electron chi connectivity index (χ3n) is 4.84. The van der Waals surface area contributed by atoms with Gasteiger partial charge in [0.15, 0.2) is 0 Å². The maximum absolute atomic E-state index is 12.4. The van der Waals surface area contributed by atoms with Gasteiger partial charge in [-0.05, 0) is 33.4 Å². The zero-order chi connectivity index (χ0) is 17.8. The van der Waals surface area contributed by atoms with Crippen molar-refractivity contribution in [3.63, 3.8) is 0 Å². The van der Waals surface area contributed by atoms with Crippen molar-refractivity contribution in [1.29, 1.82) is 0 Å². The molecule has 1 rings (SSSR count). The van der Waals surface area contributed by atoms with Crippen molar-refractivity contribution in [2.75, 3.05) is 12.9 Å². The third-order valence-corrected chi connectivity index (χ3v) is 6.04. The molecule has 4 unspecified atom stereocenters. The van der Waals surface area contributed by atoms with Crippen LogP contribution in [-0.4, -0.2) is 40.7 Å². The van der Waals surface area contributed by atoms with Crippen molar-refractivity contribution >= 4 is 23.7 Å². The van der Waals surface area contributed by atoms with Crippen molar-refractivity contribution in [1.82, 2.24) is 5.32 Å². The second-order valence-corrected chi connectivity index (χ2v) is 7.43. The molecule has 0 spiro atoms. The summed E-state index contributed by atoms with van der Waals surface area (Å²) in [7, 11) is 0. The molecule has 0 saturated carbocycles. The Morgan fingerprint density at radius 1 is 1.43 bits per heavy atom. The van der Waals surface area contributed by atoms with Crippen molar-refractivity contribution in [3.8, 4) is 0 Å². The highest BCUT2D eigenvalue weighted by molar-refractivity contribution is 7.99. The number of aliphatic carboxylic acids is 1. The van der Waals surface area contributed by atoms with Crippen LogP contribution in [0.2, 0.25) is 0 Å². The van der Waals surface area contributed by atoms with Gasteiger partial charge in [-0.1, -0.05) is 20.3 Å². The van der Waals surface area contributed by atoms with Gasteiger partial charge in [-0.15, -0.1) is 0 Å². The van der Waals surface area contributed by atoms with Gasteiger partial charge in [0.1, 0.15) is 0 Å². The highest BCUT2D eigenvalue weighted by atomic mass is 32.2. The highest BCUT2D eigenvalue weighted by Gasteiger charge is 2.52. The van der Waals surface area contributed by atoms with E-state index in [1.165, 1.54) is 0 Å². The summed E-state index contributed by atoms with van der Waals surface area (Å²) in [5, 5.41) is 13.3. The zero-order valence-electron chi connectivity index (χ0n) is 14.9. The van der Waals surface area contributed by atoms with E-state index in [9.17, 15) is 14.7 Å². The average Bonchev–Trinajstić information content (AvgIpc) is 2.45. The fourth-order valence-electron chi connectivity index (χ4n) is 3.58. The molecule has 1 aliphatic rings. The molecule has 6 heteroatoms. The number of nitrogens with one attached hydrogen (secondary N) is 1. The van der Waals surface area contributed by atoms with Crippen molar-refractivity contribution in [3.05, 3.63) is 11.3 Å². The standard InChI is InChI=1S/C17H29NO4S/c1-7-9-12-13(16(21)22-8-2)10(3)18-17(5,11(4)23-6)14(12)15(19)20/h11-12,14,18H,7-9H2,1-6H3,(H,19,20). The number of rotatable bonds is 7. The molecule has 0 bridgehead atoms. The Labute approximate surface area is 143 Å². The third kappa shape index (κ3) is 3.84. The normalized spacial score (nSPS) is 29.0. The molecule has 0 aliphatic carbocycles. The molecule has 1 heterocycles. The second-order valence-electron chi connectivity index (χ2n) is 6.26. The predicted octanol–water partition coefficient (Wildman–Crippen LogP) is 3.05. The first-order valence-corrected chi connectivity index (χ1v) is 9.44. The number of carbonyl (C=O) groups is 2. The van der Waals surface area contributed by atoms with Crippen molar-refractivity contribution in [2.24, 2.45) is 11.8 Å². The van der Waals surface area contributed by atoms with E-state index in [2.05, 4.69) is 5.32 Å². The number of carboxylic acid groups (broad SMARTS) is 1. The van der Waals surface area contributed by atoms with Crippen LogP contribution in [0.4, 0.5) is 0 Å². The van der Waals surface area contributed by atoms with Crippen molar-refractivity contribution < 1.29 is 19.4 Å². The van der Waals surface area contributed by atoms with Crippen LogP contribution in [0.25, 0.3) is 0 Å². The van der Waals surface area contributed by atoms with E-state index in [0.717, 1.165) is 12.1 Å². The maximum Gasteiger partial charge on any atom is 0.336 e. The minimum Gasteiger partial charge on any atom is -0.481 e. The van der Waals surface area contributed by atoms with Gasteiger partial charge in [-0.2, -0.15) is 11.8 Å². The first-order chi connectivity index (χ1) is 10.7. The topological polar surface area (TPSA) is 75.6 Å². The molecule has 4 atom stereocenters. The van der Waals surface area contributed by atoms with E-state index in [1.807, 2.05) is 34.0 Å². The highest BCUT2D eigenvalue weighted by Crippen LogP contribution is 2.43. The first kappa shape index (κ1) is 19.9. The van der Waals surface area contributed by atoms with Gasteiger partial charge in [0.05, 0.1) is 23.6 Å². The van der Waals surface area contributed by atoms with E-state index in [-0.39, 0.29) is 17.8 Å². The summed E-state index contributed by atoms with van der Waals surface area (Å²) in [5.41, 5.74) is 0.611. The molecule has 0 aromatic carbocycles. The molecule has 5 nitrogen and oxygen atoms in total. The van der Waals surface area contributed by atoms with E-state index in [1.54, 1.807) is 18.7 Å². The number of carboxylic acids is 1. The van der Waals surface area contributed by atoms with Gasteiger partial charge in [0, 0.05) is 16.9 Å². The number of esters is 1. The molecule has 0 aromatic heterocycles. The smallest absolute Gasteiger partial charge is 0.336 e. The van der Waals surface area contributed by atoms with Gasteiger partial charge in [0.25, 0.3) is 0 Å². The number of carbonyl (C=O) groups excluding carboxylic acids is 1. The van der Waals surface area contributed by atoms with Crippen molar-refractivity contribution in [2.45, 2.75) is 58.2 Å². The number of hydrogen-bond acceptors (Lipinski definition) is 5. The number of thioether (sulfide) groups is 1. The SMILES string of the molecule is CCCC1C(C(=O)OCC)=C(C)NC(C)(C(C)SC)C1C(=O)O. The van der Waals surface area contributed by atoms with E-state index in [0.29, 0.717) is 12.0 Å². The van der Waals surface area contributed by atoms with Gasteiger partial charge in [-0.25, -0.2) is 4.79 Å². The minimum absolute atomic E-state index is 0.0849. The Morgan fingerprint density at radius 2 is 2.04 bits per heavy atom. The molecular formula is C17H29NO4S. The molecule has 0 aromatic rings. The van der Waals surface area contributed by atoms with Crippen LogP contribution in [0, 0.1) is 11.8 Å². The molecule has 0 saturated heterocycles. The lowest BCUT2D eigenvalue weighted by molar-refractivity contribution is -0.148. The molecule has 0 fully saturated rings. The zero-order valence-corrected chi connectivity index (χ0v) is 15.8. The van der Waals surface area contributed by atoms with Gasteiger partial charge in [0.2, 0.25) is 0 Å². The summed E-state index contributed by atoms with van der Waals surface area (Å²) in [6, 6.07) is 0. The molecule has 23 heavy (non-hydrogen) atoms. The lowest BCUT2D eigenvalue weighted by Gasteiger charge is -2.48. The van der Waals surface area contributed by atoms with E-state index >= 15 is 0 Å². The van der Waals surface area contributed by atoms with Gasteiger partial charge < -0.3 is 15.2 Å². The Bertz CT molecular complexity index is 491. The summed E-state index contributed by atoms with van der Waals surface area (Å²) >= 11 is 1.63. The monoisotopic (exact) mass is 343 g/mol. The van der Waals surface area contributed by atoms with Gasteiger partial charge in [-0.3, -0.25) is 4.79 Å². The lowest BCUT2D eigenvalue weighted by Crippen LogP contribution is -2.62. The largest absolute Gasteiger partial charge is 0.481 e. The van der Waals surface area contributed by atoms with Crippen LogP contribution in [0.15, 0.2) is 11.3 Å². The fraction of sp³-hybridized carbons (Fsp3) is 0.765. The second kappa shape index (κ2) is 8.08. The summed E-state index contributed by atoms with van der Waals surface area (Å²) in [6.45, 7) is 9.87. The molecular weight excluding hydrogens is 314 g/mol. The van der Waals surface area contributed by atoms with Crippen LogP contribution in [0.5, 0.6) is 0 Å². The van der Waals surface area contributed by atoms with Crippen LogP contribution < -0.4 is 5.32 Å². The summed E-state index contributed by atoms with van der Waals surface area (Å²) in [5.74, 6) is -2.28. The molecule has 2 N–H and O–H groups in total. The minimum atomic E-state index is -0.867. The van der Waals surface area contributed by atoms with E-state index in [4.69, 9.17) is 4.74 Å². The van der Waals surface area contributed by atoms with Crippen LogP contribution in [0.3, 0.4) is 0 Å². The maximum atomic E-state index is 12.4. The van der Waals surface area contributed by atoms with Gasteiger partial charge >= 0.3 is 11.9 Å². The summed E-state index contributed by atoms with van der Waals surface area (Å²) in [6.07, 6.45) is 3.44. The average molecular weight is 343 g/mol. The fourth-order valence-corrected chi connectivity index (χ4v) is 4.27. The van der Waals surface area contributed by atoms with E-state index < -0.39 is 23.4 Å². The van der Waals surface area contributed by atoms with Crippen LogP contribution in [-0.2, 0) is 14.3 Å². The summed E-state index contributed by atoms with van der Waals surface area (Å²) in [4.78, 5) is 24.5. The molecule has 1 aliphatic heterocycles. The Kier molecular flexibility index (Phi) is 6.99. The first-order valence-electron chi connectivity index (χ1n) is 8.16.